The monoisotopic (exact) mass is 207 g/mol. The van der Waals surface area contributed by atoms with Crippen LogP contribution in [0.3, 0.4) is 0 Å². The van der Waals surface area contributed by atoms with Gasteiger partial charge in [0, 0.05) is 6.04 Å². The first-order chi connectivity index (χ1) is 7.00. The number of hydrogen-bond acceptors (Lipinski definition) is 2. The summed E-state index contributed by atoms with van der Waals surface area (Å²) in [4.78, 5) is 0. The second-order valence-corrected chi connectivity index (χ2v) is 4.38. The van der Waals surface area contributed by atoms with Gasteiger partial charge in [-0.05, 0) is 50.3 Å². The molecular weight excluding hydrogens is 186 g/mol. The molecule has 1 rings (SSSR count). The van der Waals surface area contributed by atoms with E-state index in [9.17, 15) is 5.11 Å². The largest absolute Gasteiger partial charge is 0.392 e. The van der Waals surface area contributed by atoms with Crippen LogP contribution in [0.25, 0.3) is 0 Å². The summed E-state index contributed by atoms with van der Waals surface area (Å²) >= 11 is 0. The summed E-state index contributed by atoms with van der Waals surface area (Å²) in [5.74, 6) is 0. The lowest BCUT2D eigenvalue weighted by Gasteiger charge is -2.14. The van der Waals surface area contributed by atoms with E-state index < -0.39 is 6.10 Å². The number of nitrogens with two attached hydrogens (primary N) is 1. The molecule has 0 bridgehead atoms. The predicted molar refractivity (Wildman–Crippen MR) is 63.9 cm³/mol. The van der Waals surface area contributed by atoms with Crippen LogP contribution < -0.4 is 5.73 Å². The van der Waals surface area contributed by atoms with E-state index >= 15 is 0 Å². The highest BCUT2D eigenvalue weighted by molar-refractivity contribution is 5.29. The third kappa shape index (κ3) is 3.65. The molecule has 0 saturated heterocycles. The van der Waals surface area contributed by atoms with Crippen molar-refractivity contribution in [1.82, 2.24) is 0 Å². The lowest BCUT2D eigenvalue weighted by Crippen LogP contribution is -2.31. The van der Waals surface area contributed by atoms with E-state index in [0.29, 0.717) is 0 Å². The number of rotatable bonds is 4. The Morgan fingerprint density at radius 3 is 2.47 bits per heavy atom. The fraction of sp³-hybridized carbons (Fsp3) is 0.538. The molecule has 0 amide bonds. The summed E-state index contributed by atoms with van der Waals surface area (Å²) in [5, 5.41) is 9.59. The van der Waals surface area contributed by atoms with Gasteiger partial charge in [0.2, 0.25) is 0 Å². The summed E-state index contributed by atoms with van der Waals surface area (Å²) in [7, 11) is 0. The van der Waals surface area contributed by atoms with Crippen molar-refractivity contribution in [3.05, 3.63) is 34.9 Å². The minimum atomic E-state index is -0.397. The zero-order valence-corrected chi connectivity index (χ0v) is 9.83. The van der Waals surface area contributed by atoms with Crippen LogP contribution >= 0.6 is 0 Å². The van der Waals surface area contributed by atoms with E-state index in [2.05, 4.69) is 32.0 Å². The van der Waals surface area contributed by atoms with Crippen molar-refractivity contribution < 1.29 is 5.11 Å². The highest BCUT2D eigenvalue weighted by Gasteiger charge is 2.09. The Morgan fingerprint density at radius 1 is 1.27 bits per heavy atom. The van der Waals surface area contributed by atoms with Gasteiger partial charge in [0.05, 0.1) is 6.10 Å². The van der Waals surface area contributed by atoms with Crippen molar-refractivity contribution in [1.29, 1.82) is 0 Å². The van der Waals surface area contributed by atoms with Crippen LogP contribution in [-0.4, -0.2) is 17.3 Å². The normalized spacial score (nSPS) is 15.0. The van der Waals surface area contributed by atoms with Gasteiger partial charge in [-0.3, -0.25) is 0 Å². The van der Waals surface area contributed by atoms with Crippen LogP contribution in [0, 0.1) is 13.8 Å². The third-order valence-electron chi connectivity index (χ3n) is 2.91. The number of hydrogen-bond donors (Lipinski definition) is 2. The van der Waals surface area contributed by atoms with Gasteiger partial charge in [0.15, 0.2) is 0 Å². The molecule has 0 radical (unpaired) electrons. The molecule has 0 aromatic heterocycles. The Morgan fingerprint density at radius 2 is 1.93 bits per heavy atom. The average Bonchev–Trinajstić information content (AvgIpc) is 2.19. The van der Waals surface area contributed by atoms with E-state index in [1.807, 2.05) is 6.92 Å². The molecule has 3 N–H and O–H groups in total. The lowest BCUT2D eigenvalue weighted by atomic mass is 10.00. The molecule has 1 aromatic carbocycles. The minimum absolute atomic E-state index is 0.142. The van der Waals surface area contributed by atoms with Gasteiger partial charge in [-0.25, -0.2) is 0 Å². The smallest absolute Gasteiger partial charge is 0.0691 e. The van der Waals surface area contributed by atoms with Crippen LogP contribution in [0.1, 0.15) is 30.0 Å². The summed E-state index contributed by atoms with van der Waals surface area (Å²) in [6, 6.07) is 6.29. The quantitative estimate of drug-likeness (QED) is 0.792. The summed E-state index contributed by atoms with van der Waals surface area (Å²) < 4.78 is 0. The Balaban J connectivity index is 2.55. The maximum atomic E-state index is 9.59. The van der Waals surface area contributed by atoms with Crippen LogP contribution in [0.15, 0.2) is 18.2 Å². The van der Waals surface area contributed by atoms with Gasteiger partial charge in [0.25, 0.3) is 0 Å². The molecule has 84 valence electrons. The van der Waals surface area contributed by atoms with Gasteiger partial charge in [-0.1, -0.05) is 18.2 Å². The highest BCUT2D eigenvalue weighted by Crippen LogP contribution is 2.12. The first-order valence-corrected chi connectivity index (χ1v) is 5.50. The molecule has 0 heterocycles. The Kier molecular flexibility index (Phi) is 4.30. The lowest BCUT2D eigenvalue weighted by molar-refractivity contribution is 0.141. The molecule has 15 heavy (non-hydrogen) atoms. The molecule has 2 nitrogen and oxygen atoms in total. The Hall–Kier alpha value is -0.860. The summed E-state index contributed by atoms with van der Waals surface area (Å²) in [6.07, 6.45) is 1.23. The zero-order valence-electron chi connectivity index (χ0n) is 9.83. The average molecular weight is 207 g/mol. The molecule has 2 heteroatoms. The number of aliphatic hydroxyl groups excluding tert-OH is 1. The molecule has 2 unspecified atom stereocenters. The zero-order chi connectivity index (χ0) is 11.4. The van der Waals surface area contributed by atoms with Gasteiger partial charge in [0.1, 0.15) is 0 Å². The molecule has 0 saturated carbocycles. The summed E-state index contributed by atoms with van der Waals surface area (Å²) in [6.45, 7) is 6.06. The third-order valence-corrected chi connectivity index (χ3v) is 2.91. The van der Waals surface area contributed by atoms with Gasteiger partial charge >= 0.3 is 0 Å². The molecule has 0 spiro atoms. The Bertz CT molecular complexity index is 320. The minimum Gasteiger partial charge on any atom is -0.392 e. The topological polar surface area (TPSA) is 46.2 Å². The molecular formula is C13H21NO. The van der Waals surface area contributed by atoms with Crippen LogP contribution in [-0.2, 0) is 6.42 Å². The van der Waals surface area contributed by atoms with Gasteiger partial charge in [-0.2, -0.15) is 0 Å². The van der Waals surface area contributed by atoms with Crippen molar-refractivity contribution in [3.8, 4) is 0 Å². The van der Waals surface area contributed by atoms with Gasteiger partial charge < -0.3 is 10.8 Å². The van der Waals surface area contributed by atoms with Crippen molar-refractivity contribution >= 4 is 0 Å². The summed E-state index contributed by atoms with van der Waals surface area (Å²) in [5.41, 5.74) is 9.50. The maximum Gasteiger partial charge on any atom is 0.0691 e. The van der Waals surface area contributed by atoms with E-state index in [0.717, 1.165) is 12.8 Å². The Labute approximate surface area is 92.1 Å². The van der Waals surface area contributed by atoms with E-state index in [1.54, 1.807) is 0 Å². The second kappa shape index (κ2) is 5.29. The first kappa shape index (κ1) is 12.2. The van der Waals surface area contributed by atoms with Crippen molar-refractivity contribution in [2.24, 2.45) is 5.73 Å². The van der Waals surface area contributed by atoms with Crippen molar-refractivity contribution in [3.63, 3.8) is 0 Å². The van der Waals surface area contributed by atoms with Crippen LogP contribution in [0.4, 0.5) is 0 Å². The van der Waals surface area contributed by atoms with Crippen molar-refractivity contribution in [2.75, 3.05) is 0 Å². The second-order valence-electron chi connectivity index (χ2n) is 4.38. The molecule has 2 atom stereocenters. The molecule has 0 aliphatic rings. The highest BCUT2D eigenvalue weighted by atomic mass is 16.3. The van der Waals surface area contributed by atoms with Crippen LogP contribution in [0.5, 0.6) is 0 Å². The fourth-order valence-electron chi connectivity index (χ4n) is 1.54. The fourth-order valence-corrected chi connectivity index (χ4v) is 1.54. The number of aryl methyl sites for hydroxylation is 3. The number of aliphatic hydroxyl groups is 1. The molecule has 0 fully saturated rings. The first-order valence-electron chi connectivity index (χ1n) is 5.50. The standard InChI is InChI=1S/C13H21NO/c1-9-4-5-12(8-10(9)2)6-7-13(15)11(3)14/h4-5,8,11,13,15H,6-7,14H2,1-3H3. The van der Waals surface area contributed by atoms with E-state index in [1.165, 1.54) is 16.7 Å². The molecule has 0 aliphatic carbocycles. The number of benzene rings is 1. The van der Waals surface area contributed by atoms with E-state index in [4.69, 9.17) is 5.73 Å². The molecule has 1 aromatic rings. The molecule has 0 aliphatic heterocycles. The van der Waals surface area contributed by atoms with Gasteiger partial charge in [-0.15, -0.1) is 0 Å². The van der Waals surface area contributed by atoms with E-state index in [-0.39, 0.29) is 6.04 Å². The predicted octanol–water partition coefficient (Wildman–Crippen LogP) is 1.94. The maximum absolute atomic E-state index is 9.59. The van der Waals surface area contributed by atoms with Crippen LogP contribution in [0.2, 0.25) is 0 Å². The van der Waals surface area contributed by atoms with Crippen molar-refractivity contribution in [2.45, 2.75) is 45.8 Å². The SMILES string of the molecule is Cc1ccc(CCC(O)C(C)N)cc1C.